The monoisotopic (exact) mass is 374 g/mol. The molecule has 0 aromatic heterocycles. The minimum absolute atomic E-state index is 0.114. The van der Waals surface area contributed by atoms with Gasteiger partial charge in [0, 0.05) is 11.1 Å². The van der Waals surface area contributed by atoms with Crippen LogP contribution in [0.3, 0.4) is 0 Å². The number of carbonyl (C=O) groups excluding carboxylic acids is 2. The van der Waals surface area contributed by atoms with Crippen molar-refractivity contribution in [2.45, 2.75) is 71.6 Å². The molecule has 1 heterocycles. The summed E-state index contributed by atoms with van der Waals surface area (Å²) in [5.41, 5.74) is 11.6. The molecule has 1 aromatic carbocycles. The van der Waals surface area contributed by atoms with Crippen molar-refractivity contribution in [3.8, 4) is 5.75 Å². The molecule has 0 fully saturated rings. The maximum Gasteiger partial charge on any atom is 0.248 e. The fourth-order valence-corrected chi connectivity index (χ4v) is 2.96. The molecule has 1 aromatic rings. The second-order valence-corrected chi connectivity index (χ2v) is 7.88. The van der Waals surface area contributed by atoms with Crippen LogP contribution in [0.15, 0.2) is 23.2 Å². The Kier molecular flexibility index (Phi) is 5.82. The third-order valence-electron chi connectivity index (χ3n) is 5.10. The van der Waals surface area contributed by atoms with Crippen LogP contribution in [0.1, 0.15) is 69.8 Å². The molecule has 27 heavy (non-hydrogen) atoms. The molecule has 0 saturated heterocycles. The second kappa shape index (κ2) is 7.58. The number of ether oxygens (including phenoxy) is 1. The van der Waals surface area contributed by atoms with Crippen molar-refractivity contribution in [1.82, 2.24) is 4.90 Å². The topological polar surface area (TPSA) is 111 Å². The number of hydrogen-bond acceptors (Lipinski definition) is 5. The SMILES string of the molecule is CCC(C)(CC)Oc1ccc(C(N)=O)cc1CN1C(=O)CC(C)(C)N=C1N. The summed E-state index contributed by atoms with van der Waals surface area (Å²) in [6, 6.07) is 5.01. The Morgan fingerprint density at radius 1 is 1.33 bits per heavy atom. The number of amides is 2. The van der Waals surface area contributed by atoms with Gasteiger partial charge < -0.3 is 16.2 Å². The lowest BCUT2D eigenvalue weighted by atomic mass is 9.98. The van der Waals surface area contributed by atoms with Gasteiger partial charge in [0.2, 0.25) is 11.8 Å². The number of nitrogens with zero attached hydrogens (tertiary/aromatic N) is 2. The second-order valence-electron chi connectivity index (χ2n) is 7.88. The Hall–Kier alpha value is -2.57. The van der Waals surface area contributed by atoms with Crippen molar-refractivity contribution in [3.63, 3.8) is 0 Å². The van der Waals surface area contributed by atoms with E-state index >= 15 is 0 Å². The Bertz CT molecular complexity index is 766. The molecule has 7 heteroatoms. The van der Waals surface area contributed by atoms with Crippen molar-refractivity contribution >= 4 is 17.8 Å². The van der Waals surface area contributed by atoms with Gasteiger partial charge in [-0.25, -0.2) is 4.99 Å². The minimum atomic E-state index is -0.538. The van der Waals surface area contributed by atoms with E-state index in [2.05, 4.69) is 18.8 Å². The number of rotatable bonds is 7. The van der Waals surface area contributed by atoms with Crippen LogP contribution in [0.4, 0.5) is 0 Å². The van der Waals surface area contributed by atoms with E-state index < -0.39 is 11.4 Å². The smallest absolute Gasteiger partial charge is 0.248 e. The van der Waals surface area contributed by atoms with Crippen LogP contribution < -0.4 is 16.2 Å². The van der Waals surface area contributed by atoms with Gasteiger partial charge >= 0.3 is 0 Å². The van der Waals surface area contributed by atoms with Crippen LogP contribution in [-0.4, -0.2) is 33.8 Å². The Morgan fingerprint density at radius 3 is 2.48 bits per heavy atom. The third-order valence-corrected chi connectivity index (χ3v) is 5.10. The molecule has 0 aliphatic carbocycles. The van der Waals surface area contributed by atoms with Crippen LogP contribution in [0.5, 0.6) is 5.75 Å². The summed E-state index contributed by atoms with van der Waals surface area (Å²) in [7, 11) is 0. The Morgan fingerprint density at radius 2 is 1.96 bits per heavy atom. The van der Waals surface area contributed by atoms with E-state index in [0.717, 1.165) is 12.8 Å². The van der Waals surface area contributed by atoms with E-state index in [1.165, 1.54) is 4.90 Å². The summed E-state index contributed by atoms with van der Waals surface area (Å²) in [5, 5.41) is 0. The minimum Gasteiger partial charge on any atom is -0.487 e. The highest BCUT2D eigenvalue weighted by Crippen LogP contribution is 2.30. The van der Waals surface area contributed by atoms with Crippen LogP contribution in [-0.2, 0) is 11.3 Å². The van der Waals surface area contributed by atoms with Crippen LogP contribution in [0.2, 0.25) is 0 Å². The normalized spacial score (nSPS) is 16.9. The molecule has 1 aliphatic heterocycles. The van der Waals surface area contributed by atoms with E-state index in [4.69, 9.17) is 16.2 Å². The average Bonchev–Trinajstić information content (AvgIpc) is 2.58. The molecule has 0 unspecified atom stereocenters. The third kappa shape index (κ3) is 4.78. The van der Waals surface area contributed by atoms with Gasteiger partial charge in [-0.15, -0.1) is 0 Å². The first-order valence-corrected chi connectivity index (χ1v) is 9.27. The van der Waals surface area contributed by atoms with E-state index in [9.17, 15) is 9.59 Å². The fourth-order valence-electron chi connectivity index (χ4n) is 2.96. The summed E-state index contributed by atoms with van der Waals surface area (Å²) in [6.45, 7) is 10.0. The average molecular weight is 374 g/mol. The number of nitrogens with two attached hydrogens (primary N) is 2. The molecule has 0 bridgehead atoms. The highest BCUT2D eigenvalue weighted by molar-refractivity contribution is 5.99. The van der Waals surface area contributed by atoms with Crippen LogP contribution >= 0.6 is 0 Å². The first-order valence-electron chi connectivity index (χ1n) is 9.27. The summed E-state index contributed by atoms with van der Waals surface area (Å²) < 4.78 is 6.25. The molecular formula is C20H30N4O3. The van der Waals surface area contributed by atoms with Crippen molar-refractivity contribution in [3.05, 3.63) is 29.3 Å². The molecule has 2 amide bonds. The first-order chi connectivity index (χ1) is 12.5. The molecular weight excluding hydrogens is 344 g/mol. The summed E-state index contributed by atoms with van der Waals surface area (Å²) in [5.74, 6) is 0.123. The van der Waals surface area contributed by atoms with Crippen LogP contribution in [0, 0.1) is 0 Å². The van der Waals surface area contributed by atoms with Crippen LogP contribution in [0.25, 0.3) is 0 Å². The Labute approximate surface area is 160 Å². The quantitative estimate of drug-likeness (QED) is 0.764. The first kappa shape index (κ1) is 20.7. The lowest BCUT2D eigenvalue weighted by Gasteiger charge is -2.34. The number of guanidine groups is 1. The molecule has 1 aliphatic rings. The zero-order valence-corrected chi connectivity index (χ0v) is 16.8. The molecule has 148 valence electrons. The maximum absolute atomic E-state index is 12.6. The molecule has 0 saturated carbocycles. The standard InChI is InChI=1S/C20H30N4O3/c1-6-20(5,7-2)27-15-9-8-13(17(21)26)10-14(15)12-24-16(25)11-19(3,4)23-18(24)22/h8-10H,6-7,11-12H2,1-5H3,(H2,21,26)(H2,22,23). The summed E-state index contributed by atoms with van der Waals surface area (Å²) >= 11 is 0. The number of hydrogen-bond donors (Lipinski definition) is 2. The van der Waals surface area contributed by atoms with Crippen molar-refractivity contribution in [2.24, 2.45) is 16.5 Å². The van der Waals surface area contributed by atoms with E-state index in [0.29, 0.717) is 16.9 Å². The molecule has 4 N–H and O–H groups in total. The summed E-state index contributed by atoms with van der Waals surface area (Å²) in [4.78, 5) is 30.0. The van der Waals surface area contributed by atoms with Gasteiger partial charge in [0.05, 0.1) is 18.5 Å². The molecule has 2 rings (SSSR count). The zero-order chi connectivity index (χ0) is 20.4. The van der Waals surface area contributed by atoms with E-state index in [1.807, 2.05) is 20.8 Å². The number of aliphatic imine (C=N–C) groups is 1. The lowest BCUT2D eigenvalue weighted by molar-refractivity contribution is -0.129. The van der Waals surface area contributed by atoms with Crippen molar-refractivity contribution in [1.29, 1.82) is 0 Å². The lowest BCUT2D eigenvalue weighted by Crippen LogP contribution is -2.49. The van der Waals surface area contributed by atoms with Gasteiger partial charge in [-0.3, -0.25) is 14.5 Å². The van der Waals surface area contributed by atoms with E-state index in [-0.39, 0.29) is 30.4 Å². The van der Waals surface area contributed by atoms with Crippen molar-refractivity contribution in [2.75, 3.05) is 0 Å². The number of primary amides is 1. The zero-order valence-electron chi connectivity index (χ0n) is 16.8. The van der Waals surface area contributed by atoms with Gasteiger partial charge in [0.25, 0.3) is 0 Å². The highest BCUT2D eigenvalue weighted by Gasteiger charge is 2.33. The molecule has 0 radical (unpaired) electrons. The number of benzene rings is 1. The maximum atomic E-state index is 12.6. The van der Waals surface area contributed by atoms with Gasteiger partial charge in [0.1, 0.15) is 11.4 Å². The van der Waals surface area contributed by atoms with E-state index in [1.54, 1.807) is 18.2 Å². The Balaban J connectivity index is 2.42. The summed E-state index contributed by atoms with van der Waals surface area (Å²) in [6.07, 6.45) is 1.91. The van der Waals surface area contributed by atoms with Gasteiger partial charge in [-0.1, -0.05) is 13.8 Å². The predicted octanol–water partition coefficient (Wildman–Crippen LogP) is 2.57. The largest absolute Gasteiger partial charge is 0.487 e. The highest BCUT2D eigenvalue weighted by atomic mass is 16.5. The van der Waals surface area contributed by atoms with Gasteiger partial charge in [-0.05, 0) is 51.8 Å². The fraction of sp³-hybridized carbons (Fsp3) is 0.550. The predicted molar refractivity (Wildman–Crippen MR) is 105 cm³/mol. The molecule has 0 atom stereocenters. The number of carbonyl (C=O) groups is 2. The van der Waals surface area contributed by atoms with Gasteiger partial charge in [-0.2, -0.15) is 0 Å². The van der Waals surface area contributed by atoms with Gasteiger partial charge in [0.15, 0.2) is 5.96 Å². The molecule has 0 spiro atoms. The molecule has 7 nitrogen and oxygen atoms in total. The van der Waals surface area contributed by atoms with Crippen molar-refractivity contribution < 1.29 is 14.3 Å².